The van der Waals surface area contributed by atoms with Crippen LogP contribution in [0.2, 0.25) is 0 Å². The number of rotatable bonds is 5. The second-order valence-electron chi connectivity index (χ2n) is 6.18. The van der Waals surface area contributed by atoms with Crippen LogP contribution >= 0.6 is 23.1 Å². The Morgan fingerprint density at radius 2 is 1.89 bits per heavy atom. The van der Waals surface area contributed by atoms with Gasteiger partial charge in [-0.1, -0.05) is 18.2 Å². The SMILES string of the molecule is Cc1[nH]c(-c2nnc(Sc3ncc([N+](=O)[O-])s3)n2-c2ccccc2)c(C)c1C. The van der Waals surface area contributed by atoms with Gasteiger partial charge in [-0.15, -0.1) is 10.2 Å². The van der Waals surface area contributed by atoms with E-state index >= 15 is 0 Å². The van der Waals surface area contributed by atoms with Gasteiger partial charge in [0.05, 0.1) is 10.6 Å². The van der Waals surface area contributed by atoms with E-state index in [1.807, 2.05) is 41.8 Å². The van der Waals surface area contributed by atoms with E-state index in [0.717, 1.165) is 34.0 Å². The van der Waals surface area contributed by atoms with Gasteiger partial charge in [0, 0.05) is 11.4 Å². The highest BCUT2D eigenvalue weighted by Crippen LogP contribution is 2.37. The van der Waals surface area contributed by atoms with Crippen molar-refractivity contribution >= 4 is 28.1 Å². The first kappa shape index (κ1) is 18.4. The molecule has 0 aliphatic heterocycles. The molecule has 0 aliphatic carbocycles. The van der Waals surface area contributed by atoms with Crippen LogP contribution in [0, 0.1) is 30.9 Å². The highest BCUT2D eigenvalue weighted by atomic mass is 32.2. The quantitative estimate of drug-likeness (QED) is 0.376. The number of nitrogens with one attached hydrogen (secondary N) is 1. The Morgan fingerprint density at radius 3 is 2.50 bits per heavy atom. The minimum atomic E-state index is -0.442. The number of hydrogen-bond donors (Lipinski definition) is 1. The van der Waals surface area contributed by atoms with Gasteiger partial charge in [-0.2, -0.15) is 0 Å². The van der Waals surface area contributed by atoms with E-state index < -0.39 is 4.92 Å². The van der Waals surface area contributed by atoms with Gasteiger partial charge in [-0.05, 0) is 67.1 Å². The normalized spacial score (nSPS) is 11.1. The Balaban J connectivity index is 1.84. The minimum absolute atomic E-state index is 0.0000353. The molecule has 3 heterocycles. The van der Waals surface area contributed by atoms with E-state index in [1.54, 1.807) is 0 Å². The summed E-state index contributed by atoms with van der Waals surface area (Å²) in [6.07, 6.45) is 1.26. The van der Waals surface area contributed by atoms with Crippen LogP contribution in [-0.2, 0) is 0 Å². The fourth-order valence-corrected chi connectivity index (χ4v) is 4.57. The lowest BCUT2D eigenvalue weighted by molar-refractivity contribution is -0.380. The third kappa shape index (κ3) is 3.20. The highest BCUT2D eigenvalue weighted by Gasteiger charge is 2.22. The molecule has 0 saturated heterocycles. The van der Waals surface area contributed by atoms with Gasteiger partial charge in [0.2, 0.25) is 5.16 Å². The van der Waals surface area contributed by atoms with Crippen LogP contribution in [0.5, 0.6) is 0 Å². The van der Waals surface area contributed by atoms with Crippen LogP contribution in [0.4, 0.5) is 5.00 Å². The smallest absolute Gasteiger partial charge is 0.344 e. The molecule has 8 nitrogen and oxygen atoms in total. The molecule has 0 spiro atoms. The van der Waals surface area contributed by atoms with Gasteiger partial charge in [0.15, 0.2) is 10.2 Å². The molecule has 10 heteroatoms. The van der Waals surface area contributed by atoms with Crippen LogP contribution < -0.4 is 0 Å². The maximum Gasteiger partial charge on any atom is 0.344 e. The fourth-order valence-electron chi connectivity index (χ4n) is 2.83. The summed E-state index contributed by atoms with van der Waals surface area (Å²) in [5.74, 6) is 0.688. The Labute approximate surface area is 168 Å². The lowest BCUT2D eigenvalue weighted by Gasteiger charge is -2.09. The summed E-state index contributed by atoms with van der Waals surface area (Å²) in [6, 6.07) is 9.77. The van der Waals surface area contributed by atoms with Crippen molar-refractivity contribution in [2.24, 2.45) is 0 Å². The van der Waals surface area contributed by atoms with Crippen LogP contribution in [0.25, 0.3) is 17.2 Å². The van der Waals surface area contributed by atoms with Gasteiger partial charge in [0.25, 0.3) is 0 Å². The Hall–Kier alpha value is -2.98. The first-order valence-corrected chi connectivity index (χ1v) is 10.0. The summed E-state index contributed by atoms with van der Waals surface area (Å²) in [7, 11) is 0. The molecule has 4 aromatic rings. The Morgan fingerprint density at radius 1 is 1.14 bits per heavy atom. The molecule has 1 aromatic carbocycles. The number of aromatic nitrogens is 5. The van der Waals surface area contributed by atoms with Crippen molar-refractivity contribution in [1.29, 1.82) is 0 Å². The number of para-hydroxylation sites is 1. The molecule has 0 radical (unpaired) electrons. The van der Waals surface area contributed by atoms with Crippen LogP contribution in [0.1, 0.15) is 16.8 Å². The fraction of sp³-hybridized carbons (Fsp3) is 0.167. The minimum Gasteiger partial charge on any atom is -0.356 e. The highest BCUT2D eigenvalue weighted by molar-refractivity contribution is 8.01. The molecule has 142 valence electrons. The summed E-state index contributed by atoms with van der Waals surface area (Å²) < 4.78 is 2.48. The van der Waals surface area contributed by atoms with Gasteiger partial charge >= 0.3 is 5.00 Å². The molecule has 0 aliphatic rings. The molecule has 0 amide bonds. The van der Waals surface area contributed by atoms with E-state index in [0.29, 0.717) is 15.3 Å². The molecule has 4 rings (SSSR count). The molecular weight excluding hydrogens is 396 g/mol. The van der Waals surface area contributed by atoms with E-state index in [1.165, 1.54) is 23.5 Å². The van der Waals surface area contributed by atoms with Crippen LogP contribution in [0.3, 0.4) is 0 Å². The van der Waals surface area contributed by atoms with Crippen molar-refractivity contribution < 1.29 is 4.92 Å². The number of nitro groups is 1. The average Bonchev–Trinajstić information content (AvgIpc) is 3.38. The van der Waals surface area contributed by atoms with Crippen molar-refractivity contribution in [2.45, 2.75) is 30.3 Å². The van der Waals surface area contributed by atoms with E-state index in [-0.39, 0.29) is 5.00 Å². The topological polar surface area (TPSA) is 103 Å². The maximum absolute atomic E-state index is 10.9. The van der Waals surface area contributed by atoms with Gasteiger partial charge in [-0.25, -0.2) is 4.98 Å². The van der Waals surface area contributed by atoms with Crippen LogP contribution in [0.15, 0.2) is 46.0 Å². The number of hydrogen-bond acceptors (Lipinski definition) is 7. The van der Waals surface area contributed by atoms with Gasteiger partial charge in [-0.3, -0.25) is 14.7 Å². The molecule has 0 bridgehead atoms. The van der Waals surface area contributed by atoms with E-state index in [2.05, 4.69) is 34.0 Å². The molecule has 0 saturated carbocycles. The van der Waals surface area contributed by atoms with E-state index in [4.69, 9.17) is 0 Å². The van der Waals surface area contributed by atoms with Crippen molar-refractivity contribution in [2.75, 3.05) is 0 Å². The first-order valence-electron chi connectivity index (χ1n) is 8.40. The molecule has 0 unspecified atom stereocenters. The van der Waals surface area contributed by atoms with E-state index in [9.17, 15) is 10.1 Å². The molecule has 28 heavy (non-hydrogen) atoms. The first-order chi connectivity index (χ1) is 13.5. The lowest BCUT2D eigenvalue weighted by atomic mass is 10.1. The molecule has 1 N–H and O–H groups in total. The number of thiazole rings is 1. The summed E-state index contributed by atoms with van der Waals surface area (Å²) in [4.78, 5) is 18.0. The second-order valence-corrected chi connectivity index (χ2v) is 8.40. The average molecular weight is 413 g/mol. The lowest BCUT2D eigenvalue weighted by Crippen LogP contribution is -2.00. The van der Waals surface area contributed by atoms with Crippen molar-refractivity contribution in [3.63, 3.8) is 0 Å². The number of benzene rings is 1. The van der Waals surface area contributed by atoms with Crippen molar-refractivity contribution in [1.82, 2.24) is 24.7 Å². The largest absolute Gasteiger partial charge is 0.356 e. The summed E-state index contributed by atoms with van der Waals surface area (Å²) >= 11 is 2.28. The number of aryl methyl sites for hydroxylation is 1. The predicted molar refractivity (Wildman–Crippen MR) is 108 cm³/mol. The molecular formula is C18H16N6O2S2. The molecule has 3 aromatic heterocycles. The summed E-state index contributed by atoms with van der Waals surface area (Å²) in [6.45, 7) is 6.15. The zero-order valence-corrected chi connectivity index (χ0v) is 17.0. The molecule has 0 atom stereocenters. The van der Waals surface area contributed by atoms with Crippen molar-refractivity contribution in [3.05, 3.63) is 63.5 Å². The second kappa shape index (κ2) is 7.21. The number of H-pyrrole nitrogens is 1. The van der Waals surface area contributed by atoms with Crippen molar-refractivity contribution in [3.8, 4) is 17.2 Å². The van der Waals surface area contributed by atoms with Crippen LogP contribution in [-0.4, -0.2) is 29.7 Å². The Bertz CT molecular complexity index is 1160. The summed E-state index contributed by atoms with van der Waals surface area (Å²) in [5, 5.41) is 20.3. The van der Waals surface area contributed by atoms with Gasteiger partial charge < -0.3 is 4.98 Å². The standard InChI is InChI=1S/C18H16N6O2S2/c1-10-11(2)15(20-12(10)3)16-21-22-17(23(16)13-7-5-4-6-8-13)28-18-19-9-14(27-18)24(25)26/h4-9,20H,1-3H3. The maximum atomic E-state index is 10.9. The third-order valence-electron chi connectivity index (χ3n) is 4.51. The number of nitrogens with zero attached hydrogens (tertiary/aromatic N) is 5. The molecule has 0 fully saturated rings. The zero-order valence-electron chi connectivity index (χ0n) is 15.3. The zero-order chi connectivity index (χ0) is 19.8. The Kier molecular flexibility index (Phi) is 4.73. The monoisotopic (exact) mass is 412 g/mol. The summed E-state index contributed by atoms with van der Waals surface area (Å²) in [5.41, 5.74) is 5.19. The predicted octanol–water partition coefficient (Wildman–Crippen LogP) is 4.70. The number of aromatic amines is 1. The third-order valence-corrected chi connectivity index (χ3v) is 6.49. The van der Waals surface area contributed by atoms with Gasteiger partial charge in [0.1, 0.15) is 6.20 Å².